The summed E-state index contributed by atoms with van der Waals surface area (Å²) in [7, 11) is 0. The molecule has 0 aliphatic rings. The van der Waals surface area contributed by atoms with E-state index in [1.165, 1.54) is 98.9 Å². The third kappa shape index (κ3) is 18.4. The van der Waals surface area contributed by atoms with Crippen molar-refractivity contribution in [1.29, 1.82) is 0 Å². The lowest BCUT2D eigenvalue weighted by atomic mass is 9.97. The van der Waals surface area contributed by atoms with E-state index >= 15 is 0 Å². The van der Waals surface area contributed by atoms with Crippen LogP contribution >= 0.6 is 0 Å². The molecule has 0 N–H and O–H groups in total. The molecular formula is C80H84F2. The van der Waals surface area contributed by atoms with Crippen LogP contribution in [0.5, 0.6) is 0 Å². The SMILES string of the molecule is C=CCCc1ccc(-c2ccc(-c3ccc(CC)cc3)cc2F)cc1.CCCCc1ccc(-c2ccc(C)cc2)cc1.CCCc1ccc(-c2ccc(-c3ccc(CC)cc3)cc2F)cc1.CCCc1ccc(-c2ccc(C)cc2)cc1. The fourth-order valence-corrected chi connectivity index (χ4v) is 9.87. The van der Waals surface area contributed by atoms with Crippen LogP contribution in [-0.4, -0.2) is 0 Å². The molecule has 0 atom stereocenters. The third-order valence-corrected chi connectivity index (χ3v) is 15.1. The minimum atomic E-state index is -0.184. The normalized spacial score (nSPS) is 10.6. The van der Waals surface area contributed by atoms with Crippen molar-refractivity contribution in [2.24, 2.45) is 0 Å². The molecule has 0 heterocycles. The molecule has 418 valence electrons. The molecule has 0 bridgehead atoms. The first-order valence-electron chi connectivity index (χ1n) is 29.9. The Bertz CT molecular complexity index is 3460. The van der Waals surface area contributed by atoms with Crippen molar-refractivity contribution in [3.63, 3.8) is 0 Å². The van der Waals surface area contributed by atoms with Gasteiger partial charge in [0.15, 0.2) is 0 Å². The highest BCUT2D eigenvalue weighted by Crippen LogP contribution is 2.31. The van der Waals surface area contributed by atoms with Gasteiger partial charge in [-0.1, -0.05) is 289 Å². The molecule has 10 aromatic carbocycles. The molecule has 10 aromatic rings. The molecule has 0 amide bonds. The Morgan fingerprint density at radius 3 is 0.854 bits per heavy atom. The Morgan fingerprint density at radius 2 is 0.561 bits per heavy atom. The summed E-state index contributed by atoms with van der Waals surface area (Å²) >= 11 is 0. The Hall–Kier alpha value is -8.20. The first-order chi connectivity index (χ1) is 40.0. The van der Waals surface area contributed by atoms with E-state index in [4.69, 9.17) is 0 Å². The zero-order valence-electron chi connectivity index (χ0n) is 49.8. The van der Waals surface area contributed by atoms with Crippen molar-refractivity contribution in [1.82, 2.24) is 0 Å². The molecule has 0 nitrogen and oxygen atoms in total. The van der Waals surface area contributed by atoms with E-state index in [-0.39, 0.29) is 11.6 Å². The third-order valence-electron chi connectivity index (χ3n) is 15.1. The van der Waals surface area contributed by atoms with Gasteiger partial charge in [-0.2, -0.15) is 0 Å². The number of hydrogen-bond donors (Lipinski definition) is 0. The number of rotatable bonds is 18. The molecular weight excluding hydrogens is 999 g/mol. The van der Waals surface area contributed by atoms with Crippen LogP contribution in [0.3, 0.4) is 0 Å². The average molecular weight is 1080 g/mol. The first-order valence-corrected chi connectivity index (χ1v) is 29.9. The van der Waals surface area contributed by atoms with E-state index < -0.39 is 0 Å². The van der Waals surface area contributed by atoms with Crippen molar-refractivity contribution in [2.75, 3.05) is 0 Å². The van der Waals surface area contributed by atoms with Gasteiger partial charge in [0.1, 0.15) is 11.6 Å². The van der Waals surface area contributed by atoms with Crippen molar-refractivity contribution in [2.45, 2.75) is 119 Å². The van der Waals surface area contributed by atoms with Crippen LogP contribution in [0.4, 0.5) is 8.78 Å². The molecule has 0 aromatic heterocycles. The topological polar surface area (TPSA) is 0 Å². The number of hydrogen-bond acceptors (Lipinski definition) is 0. The zero-order chi connectivity index (χ0) is 58.1. The average Bonchev–Trinajstić information content (AvgIpc) is 3.62. The van der Waals surface area contributed by atoms with Crippen LogP contribution in [0.1, 0.15) is 111 Å². The zero-order valence-corrected chi connectivity index (χ0v) is 49.8. The lowest BCUT2D eigenvalue weighted by Crippen LogP contribution is -1.89. The van der Waals surface area contributed by atoms with Gasteiger partial charge in [0.2, 0.25) is 0 Å². The Morgan fingerprint density at radius 1 is 0.293 bits per heavy atom. The molecule has 82 heavy (non-hydrogen) atoms. The van der Waals surface area contributed by atoms with Crippen molar-refractivity contribution in [3.05, 3.63) is 299 Å². The van der Waals surface area contributed by atoms with Crippen LogP contribution in [0.25, 0.3) is 66.8 Å². The Balaban J connectivity index is 0.000000160. The molecule has 0 radical (unpaired) electrons. The van der Waals surface area contributed by atoms with Gasteiger partial charge in [-0.05, 0) is 166 Å². The van der Waals surface area contributed by atoms with E-state index in [1.807, 2.05) is 54.6 Å². The lowest BCUT2D eigenvalue weighted by molar-refractivity contribution is 0.631. The van der Waals surface area contributed by atoms with E-state index in [0.717, 1.165) is 71.9 Å². The number of unbranched alkanes of at least 4 members (excludes halogenated alkanes) is 1. The largest absolute Gasteiger partial charge is 0.206 e. The number of aryl methyl sites for hydroxylation is 8. The van der Waals surface area contributed by atoms with Gasteiger partial charge in [0.05, 0.1) is 0 Å². The van der Waals surface area contributed by atoms with Crippen LogP contribution in [0, 0.1) is 25.5 Å². The van der Waals surface area contributed by atoms with E-state index in [1.54, 1.807) is 12.1 Å². The van der Waals surface area contributed by atoms with Gasteiger partial charge in [-0.3, -0.25) is 0 Å². The highest BCUT2D eigenvalue weighted by atomic mass is 19.1. The Labute approximate surface area is 491 Å². The highest BCUT2D eigenvalue weighted by Gasteiger charge is 2.10. The van der Waals surface area contributed by atoms with Crippen molar-refractivity contribution < 1.29 is 8.78 Å². The number of benzene rings is 10. The smallest absolute Gasteiger partial charge is 0.131 e. The minimum absolute atomic E-state index is 0.171. The van der Waals surface area contributed by atoms with Gasteiger partial charge in [-0.15, -0.1) is 6.58 Å². The van der Waals surface area contributed by atoms with Gasteiger partial charge >= 0.3 is 0 Å². The quantitative estimate of drug-likeness (QED) is 0.0751. The maximum Gasteiger partial charge on any atom is 0.131 e. The van der Waals surface area contributed by atoms with Gasteiger partial charge in [0, 0.05) is 11.1 Å². The van der Waals surface area contributed by atoms with Gasteiger partial charge < -0.3 is 0 Å². The fraction of sp³-hybridized carbons (Fsp3) is 0.225. The fourth-order valence-electron chi connectivity index (χ4n) is 9.87. The standard InChI is InChI=1S/C24H23F.C23H23F.C17H20.C16H18/c1-3-5-6-19-9-13-21(14-10-19)23-16-15-22(17-24(23)25)20-11-7-18(4-2)8-12-20;1-3-5-18-8-12-20(13-9-18)22-15-14-21(16-23(22)24)19-10-6-17(4-2)7-11-19;1-3-4-5-15-8-12-17(13-9-15)16-10-6-14(2)7-11-16;1-3-4-14-7-11-16(12-8-14)15-9-5-13(2)6-10-15/h3,7-17H,1,4-6H2,2H3;6-16H,3-5H2,1-2H3;6-13H,3-5H2,1-2H3;5-12H,3-4H2,1-2H3. The monoisotopic (exact) mass is 1080 g/mol. The summed E-state index contributed by atoms with van der Waals surface area (Å²) in [5.41, 5.74) is 22.9. The summed E-state index contributed by atoms with van der Waals surface area (Å²) in [6.45, 7) is 18.9. The summed E-state index contributed by atoms with van der Waals surface area (Å²) in [4.78, 5) is 0. The molecule has 0 saturated carbocycles. The lowest BCUT2D eigenvalue weighted by Gasteiger charge is -2.08. The highest BCUT2D eigenvalue weighted by molar-refractivity contribution is 5.73. The van der Waals surface area contributed by atoms with E-state index in [9.17, 15) is 8.78 Å². The Kier molecular flexibility index (Phi) is 24.2. The predicted molar refractivity (Wildman–Crippen MR) is 352 cm³/mol. The first kappa shape index (κ1) is 61.4. The van der Waals surface area contributed by atoms with Crippen LogP contribution < -0.4 is 0 Å². The molecule has 0 unspecified atom stereocenters. The predicted octanol–water partition coefficient (Wildman–Crippen LogP) is 23.1. The van der Waals surface area contributed by atoms with Gasteiger partial charge in [-0.25, -0.2) is 8.78 Å². The molecule has 0 aliphatic heterocycles. The second kappa shape index (κ2) is 32.3. The maximum absolute atomic E-state index is 14.7. The molecule has 0 spiro atoms. The minimum Gasteiger partial charge on any atom is -0.206 e. The summed E-state index contributed by atoms with van der Waals surface area (Å²) in [5, 5.41) is 0. The molecule has 0 saturated heterocycles. The van der Waals surface area contributed by atoms with E-state index in [2.05, 4.69) is 225 Å². The summed E-state index contributed by atoms with van der Waals surface area (Å²) in [5.74, 6) is -0.355. The van der Waals surface area contributed by atoms with Crippen molar-refractivity contribution in [3.8, 4) is 66.8 Å². The number of allylic oxidation sites excluding steroid dienone is 1. The maximum atomic E-state index is 14.7. The molecule has 2 heteroatoms. The van der Waals surface area contributed by atoms with Crippen molar-refractivity contribution >= 4 is 0 Å². The molecule has 10 rings (SSSR count). The summed E-state index contributed by atoms with van der Waals surface area (Å²) in [6, 6.07) is 79.3. The summed E-state index contributed by atoms with van der Waals surface area (Å²) < 4.78 is 29.3. The van der Waals surface area contributed by atoms with E-state index in [0.29, 0.717) is 11.1 Å². The van der Waals surface area contributed by atoms with Gasteiger partial charge in [0.25, 0.3) is 0 Å². The van der Waals surface area contributed by atoms with Crippen LogP contribution in [0.15, 0.2) is 243 Å². The van der Waals surface area contributed by atoms with Crippen LogP contribution in [-0.2, 0) is 38.5 Å². The molecule has 0 fully saturated rings. The number of halogens is 2. The second-order valence-electron chi connectivity index (χ2n) is 21.4. The summed E-state index contributed by atoms with van der Waals surface area (Å²) in [6.07, 6.45) is 14.2. The molecule has 0 aliphatic carbocycles. The second-order valence-corrected chi connectivity index (χ2v) is 21.4. The van der Waals surface area contributed by atoms with Crippen LogP contribution in [0.2, 0.25) is 0 Å².